The molecular formula is C24H23NO2. The molecule has 0 N–H and O–H groups in total. The number of unbranched alkanes of at least 4 members (excludes halogenated alkanes) is 1. The lowest BCUT2D eigenvalue weighted by molar-refractivity contribution is 0.104. The van der Waals surface area contributed by atoms with Gasteiger partial charge in [0.25, 0.3) is 0 Å². The van der Waals surface area contributed by atoms with Crippen LogP contribution in [0.1, 0.15) is 35.7 Å². The molecule has 4 aromatic rings. The van der Waals surface area contributed by atoms with Crippen LogP contribution in [0.3, 0.4) is 0 Å². The Morgan fingerprint density at radius 2 is 1.78 bits per heavy atom. The Bertz CT molecular complexity index is 1120. The normalized spacial score (nSPS) is 11.2. The van der Waals surface area contributed by atoms with E-state index in [2.05, 4.69) is 11.5 Å². The second kappa shape index (κ2) is 7.28. The fourth-order valence-corrected chi connectivity index (χ4v) is 3.66. The van der Waals surface area contributed by atoms with Crippen LogP contribution in [0.15, 0.2) is 66.9 Å². The number of nitrogens with zero attached hydrogens (tertiary/aromatic N) is 1. The summed E-state index contributed by atoms with van der Waals surface area (Å²) in [5, 5.41) is 3.05. The summed E-state index contributed by atoms with van der Waals surface area (Å²) < 4.78 is 7.58. The zero-order valence-corrected chi connectivity index (χ0v) is 15.7. The molecule has 3 heteroatoms. The minimum Gasteiger partial charge on any atom is -0.497 e. The summed E-state index contributed by atoms with van der Waals surface area (Å²) in [6, 6.07) is 19.9. The molecule has 0 bridgehead atoms. The molecule has 0 aliphatic rings. The Labute approximate surface area is 159 Å². The van der Waals surface area contributed by atoms with Crippen LogP contribution < -0.4 is 4.74 Å². The lowest BCUT2D eigenvalue weighted by Gasteiger charge is -2.05. The quantitative estimate of drug-likeness (QED) is 0.406. The maximum absolute atomic E-state index is 13.5. The van der Waals surface area contributed by atoms with Crippen molar-refractivity contribution < 1.29 is 9.53 Å². The van der Waals surface area contributed by atoms with Gasteiger partial charge in [-0.2, -0.15) is 0 Å². The van der Waals surface area contributed by atoms with Crippen molar-refractivity contribution in [2.45, 2.75) is 26.3 Å². The van der Waals surface area contributed by atoms with Gasteiger partial charge in [0, 0.05) is 35.3 Å². The Morgan fingerprint density at radius 3 is 2.59 bits per heavy atom. The zero-order valence-electron chi connectivity index (χ0n) is 15.7. The highest BCUT2D eigenvalue weighted by Gasteiger charge is 2.19. The maximum Gasteiger partial charge on any atom is 0.195 e. The SMILES string of the molecule is CCCCn1cc(C(=O)c2cccc3ccccc23)c2ccc(OC)cc21. The fourth-order valence-electron chi connectivity index (χ4n) is 3.66. The molecule has 27 heavy (non-hydrogen) atoms. The van der Waals surface area contributed by atoms with Gasteiger partial charge in [-0.15, -0.1) is 0 Å². The van der Waals surface area contributed by atoms with Crippen molar-refractivity contribution in [2.75, 3.05) is 7.11 Å². The van der Waals surface area contributed by atoms with E-state index in [1.807, 2.05) is 66.9 Å². The topological polar surface area (TPSA) is 31.2 Å². The minimum absolute atomic E-state index is 0.0669. The van der Waals surface area contributed by atoms with E-state index in [1.54, 1.807) is 7.11 Å². The standard InChI is InChI=1S/C24H23NO2/c1-3-4-14-25-16-22(20-13-12-18(27-2)15-23(20)25)24(26)21-11-7-9-17-8-5-6-10-19(17)21/h5-13,15-16H,3-4,14H2,1-2H3. The third-order valence-corrected chi connectivity index (χ3v) is 5.12. The van der Waals surface area contributed by atoms with Crippen molar-refractivity contribution in [1.82, 2.24) is 4.57 Å². The number of hydrogen-bond donors (Lipinski definition) is 0. The number of rotatable bonds is 6. The van der Waals surface area contributed by atoms with Gasteiger partial charge in [-0.1, -0.05) is 55.8 Å². The second-order valence-electron chi connectivity index (χ2n) is 6.83. The van der Waals surface area contributed by atoms with Gasteiger partial charge in [-0.25, -0.2) is 0 Å². The summed E-state index contributed by atoms with van der Waals surface area (Å²) in [6.07, 6.45) is 4.18. The van der Waals surface area contributed by atoms with Crippen molar-refractivity contribution in [3.8, 4) is 5.75 Å². The van der Waals surface area contributed by atoms with Gasteiger partial charge in [-0.3, -0.25) is 4.79 Å². The molecular weight excluding hydrogens is 334 g/mol. The second-order valence-corrected chi connectivity index (χ2v) is 6.83. The van der Waals surface area contributed by atoms with Crippen LogP contribution in [-0.2, 0) is 6.54 Å². The summed E-state index contributed by atoms with van der Waals surface area (Å²) in [6.45, 7) is 3.07. The lowest BCUT2D eigenvalue weighted by Crippen LogP contribution is -2.02. The molecule has 0 radical (unpaired) electrons. The van der Waals surface area contributed by atoms with Crippen molar-refractivity contribution in [2.24, 2.45) is 0 Å². The average molecular weight is 357 g/mol. The molecule has 0 atom stereocenters. The Kier molecular flexibility index (Phi) is 4.68. The molecule has 0 spiro atoms. The number of ketones is 1. The van der Waals surface area contributed by atoms with Gasteiger partial charge in [-0.05, 0) is 29.3 Å². The first-order chi connectivity index (χ1) is 13.2. The maximum atomic E-state index is 13.5. The van der Waals surface area contributed by atoms with E-state index >= 15 is 0 Å². The highest BCUT2D eigenvalue weighted by atomic mass is 16.5. The van der Waals surface area contributed by atoms with Gasteiger partial charge >= 0.3 is 0 Å². The smallest absolute Gasteiger partial charge is 0.195 e. The Balaban J connectivity index is 1.88. The molecule has 0 saturated carbocycles. The Morgan fingerprint density at radius 1 is 0.963 bits per heavy atom. The van der Waals surface area contributed by atoms with Crippen molar-refractivity contribution in [3.63, 3.8) is 0 Å². The van der Waals surface area contributed by atoms with Crippen LogP contribution in [0, 0.1) is 0 Å². The molecule has 0 amide bonds. The predicted octanol–water partition coefficient (Wildman–Crippen LogP) is 5.83. The van der Waals surface area contributed by atoms with Crippen molar-refractivity contribution in [3.05, 3.63) is 78.0 Å². The van der Waals surface area contributed by atoms with Crippen molar-refractivity contribution >= 4 is 27.5 Å². The van der Waals surface area contributed by atoms with Gasteiger partial charge in [0.15, 0.2) is 5.78 Å². The van der Waals surface area contributed by atoms with Crippen molar-refractivity contribution in [1.29, 1.82) is 0 Å². The van der Waals surface area contributed by atoms with E-state index in [-0.39, 0.29) is 5.78 Å². The van der Waals surface area contributed by atoms with Crippen LogP contribution in [0.2, 0.25) is 0 Å². The molecule has 0 unspecified atom stereocenters. The molecule has 1 heterocycles. The van der Waals surface area contributed by atoms with Crippen LogP contribution in [0.4, 0.5) is 0 Å². The highest BCUT2D eigenvalue weighted by molar-refractivity contribution is 6.21. The largest absolute Gasteiger partial charge is 0.497 e. The first-order valence-electron chi connectivity index (χ1n) is 9.42. The number of methoxy groups -OCH3 is 1. The number of ether oxygens (including phenoxy) is 1. The fraction of sp³-hybridized carbons (Fsp3) is 0.208. The van der Waals surface area contributed by atoms with E-state index in [1.165, 1.54) is 0 Å². The van der Waals surface area contributed by atoms with Gasteiger partial charge < -0.3 is 9.30 Å². The van der Waals surface area contributed by atoms with Gasteiger partial charge in [0.1, 0.15) is 5.75 Å². The van der Waals surface area contributed by atoms with E-state index in [0.717, 1.165) is 57.9 Å². The Hall–Kier alpha value is -3.07. The highest BCUT2D eigenvalue weighted by Crippen LogP contribution is 2.30. The summed E-state index contributed by atoms with van der Waals surface area (Å²) in [5.74, 6) is 0.875. The summed E-state index contributed by atoms with van der Waals surface area (Å²) >= 11 is 0. The third kappa shape index (κ3) is 3.10. The number of aryl methyl sites for hydroxylation is 1. The monoisotopic (exact) mass is 357 g/mol. The van der Waals surface area contributed by atoms with E-state index in [4.69, 9.17) is 4.74 Å². The molecule has 136 valence electrons. The minimum atomic E-state index is 0.0669. The van der Waals surface area contributed by atoms with Crippen LogP contribution in [-0.4, -0.2) is 17.5 Å². The van der Waals surface area contributed by atoms with Gasteiger partial charge in [0.2, 0.25) is 0 Å². The third-order valence-electron chi connectivity index (χ3n) is 5.12. The van der Waals surface area contributed by atoms with Crippen LogP contribution >= 0.6 is 0 Å². The van der Waals surface area contributed by atoms with E-state index in [9.17, 15) is 4.79 Å². The molecule has 0 aliphatic heterocycles. The molecule has 4 rings (SSSR count). The molecule has 0 fully saturated rings. The van der Waals surface area contributed by atoms with E-state index in [0.29, 0.717) is 0 Å². The molecule has 0 saturated heterocycles. The first kappa shape index (κ1) is 17.3. The first-order valence-corrected chi connectivity index (χ1v) is 9.42. The predicted molar refractivity (Wildman–Crippen MR) is 111 cm³/mol. The molecule has 3 aromatic carbocycles. The molecule has 3 nitrogen and oxygen atoms in total. The summed E-state index contributed by atoms with van der Waals surface area (Å²) in [5.41, 5.74) is 2.55. The number of carbonyl (C=O) groups excluding carboxylic acids is 1. The van der Waals surface area contributed by atoms with Gasteiger partial charge in [0.05, 0.1) is 12.6 Å². The number of hydrogen-bond acceptors (Lipinski definition) is 2. The van der Waals surface area contributed by atoms with Crippen LogP contribution in [0.5, 0.6) is 5.75 Å². The molecule has 1 aromatic heterocycles. The number of aromatic nitrogens is 1. The van der Waals surface area contributed by atoms with Crippen LogP contribution in [0.25, 0.3) is 21.7 Å². The number of benzene rings is 3. The zero-order chi connectivity index (χ0) is 18.8. The summed E-state index contributed by atoms with van der Waals surface area (Å²) in [4.78, 5) is 13.5. The average Bonchev–Trinajstić information content (AvgIpc) is 3.09. The number of fused-ring (bicyclic) bond motifs is 2. The molecule has 0 aliphatic carbocycles. The number of carbonyl (C=O) groups is 1. The van der Waals surface area contributed by atoms with E-state index < -0.39 is 0 Å². The summed E-state index contributed by atoms with van der Waals surface area (Å²) in [7, 11) is 1.67. The lowest BCUT2D eigenvalue weighted by atomic mass is 9.97.